The van der Waals surface area contributed by atoms with Crippen LogP contribution in [0.15, 0.2) is 121 Å². The number of nitriles is 4. The molecule has 0 saturated heterocycles. The van der Waals surface area contributed by atoms with E-state index in [9.17, 15) is 21.0 Å². The van der Waals surface area contributed by atoms with Gasteiger partial charge in [-0.2, -0.15) is 21.0 Å². The minimum absolute atomic E-state index is 0.184. The molecule has 0 aliphatic heterocycles. The lowest BCUT2D eigenvalue weighted by molar-refractivity contribution is 0.476. The van der Waals surface area contributed by atoms with Gasteiger partial charge in [0.1, 0.15) is 58.2 Å². The summed E-state index contributed by atoms with van der Waals surface area (Å²) in [5.41, 5.74) is 6.11. The maximum Gasteiger partial charge on any atom is 0.154 e. The first-order chi connectivity index (χ1) is 26.8. The van der Waals surface area contributed by atoms with Crippen LogP contribution in [0.4, 0.5) is 0 Å². The molecule has 12 nitrogen and oxygen atoms in total. The monoisotopic (exact) mass is 714 g/mol. The molecule has 0 unspecified atom stereocenters. The maximum absolute atomic E-state index is 9.76. The van der Waals surface area contributed by atoms with Crippen molar-refractivity contribution in [1.29, 1.82) is 21.0 Å². The second-order valence-electron chi connectivity index (χ2n) is 13.0. The van der Waals surface area contributed by atoms with Gasteiger partial charge in [-0.15, -0.1) is 10.2 Å². The first-order valence-corrected chi connectivity index (χ1v) is 17.0. The van der Waals surface area contributed by atoms with Crippen LogP contribution in [0.5, 0.6) is 23.0 Å². The Kier molecular flexibility index (Phi) is 8.40. The van der Waals surface area contributed by atoms with E-state index in [-0.39, 0.29) is 22.3 Å². The molecule has 0 saturated carbocycles. The molecule has 0 aliphatic carbocycles. The van der Waals surface area contributed by atoms with Crippen LogP contribution < -0.4 is 9.47 Å². The first kappa shape index (κ1) is 33.8. The second kappa shape index (κ2) is 13.7. The molecule has 0 aliphatic rings. The lowest BCUT2D eigenvalue weighted by Crippen LogP contribution is -2.18. The number of benzene rings is 6. The number of ether oxygens (including phenoxy) is 2. The fourth-order valence-electron chi connectivity index (χ4n) is 6.39. The molecule has 2 aromatic heterocycles. The third kappa shape index (κ3) is 6.08. The molecule has 0 N–H and O–H groups in total. The fraction of sp³-hybridized carbons (Fsp3) is 0.0698. The Morgan fingerprint density at radius 3 is 1.24 bits per heavy atom. The lowest BCUT2D eigenvalue weighted by Gasteiger charge is -2.26. The first-order valence-electron chi connectivity index (χ1n) is 17.0. The number of hydrogen-bond donors (Lipinski definition) is 0. The summed E-state index contributed by atoms with van der Waals surface area (Å²) >= 11 is 0. The largest absolute Gasteiger partial charge is 0.455 e. The molecular formula is C43H26N10O2. The van der Waals surface area contributed by atoms with Crippen LogP contribution in [0.1, 0.15) is 47.2 Å². The van der Waals surface area contributed by atoms with Gasteiger partial charge < -0.3 is 9.47 Å². The van der Waals surface area contributed by atoms with Crippen molar-refractivity contribution in [2.75, 3.05) is 0 Å². The summed E-state index contributed by atoms with van der Waals surface area (Å²) in [7, 11) is 0. The summed E-state index contributed by atoms with van der Waals surface area (Å²) in [5.74, 6) is 1.74. The molecule has 0 amide bonds. The number of para-hydroxylation sites is 2. The van der Waals surface area contributed by atoms with Gasteiger partial charge in [0, 0.05) is 17.5 Å². The molecule has 55 heavy (non-hydrogen) atoms. The van der Waals surface area contributed by atoms with Crippen molar-refractivity contribution in [3.05, 3.63) is 155 Å². The van der Waals surface area contributed by atoms with E-state index in [1.54, 1.807) is 33.6 Å². The van der Waals surface area contributed by atoms with Crippen molar-refractivity contribution >= 4 is 22.1 Å². The van der Waals surface area contributed by atoms with Gasteiger partial charge in [0.25, 0.3) is 0 Å². The lowest BCUT2D eigenvalue weighted by atomic mass is 9.78. The number of rotatable bonds is 8. The van der Waals surface area contributed by atoms with E-state index in [2.05, 4.69) is 58.7 Å². The zero-order chi connectivity index (χ0) is 38.1. The van der Waals surface area contributed by atoms with Gasteiger partial charge in [-0.3, -0.25) is 0 Å². The number of fused-ring (bicyclic) bond motifs is 2. The molecule has 6 aromatic carbocycles. The molecule has 260 valence electrons. The third-order valence-corrected chi connectivity index (χ3v) is 9.45. The van der Waals surface area contributed by atoms with Gasteiger partial charge in [0.15, 0.2) is 11.5 Å². The number of nitrogens with zero attached hydrogens (tertiary/aromatic N) is 10. The normalized spacial score (nSPS) is 11.0. The molecule has 0 bridgehead atoms. The topological polar surface area (TPSA) is 175 Å². The minimum atomic E-state index is -0.433. The Labute approximate surface area is 314 Å². The van der Waals surface area contributed by atoms with Crippen LogP contribution in [0.25, 0.3) is 33.4 Å². The van der Waals surface area contributed by atoms with E-state index in [1.807, 2.05) is 97.1 Å². The van der Waals surface area contributed by atoms with E-state index >= 15 is 0 Å². The van der Waals surface area contributed by atoms with Crippen LogP contribution in [0.2, 0.25) is 0 Å². The summed E-state index contributed by atoms with van der Waals surface area (Å²) in [4.78, 5) is 0. The summed E-state index contributed by atoms with van der Waals surface area (Å²) in [6.45, 7) is 4.22. The highest BCUT2D eigenvalue weighted by atomic mass is 16.5. The predicted octanol–water partition coefficient (Wildman–Crippen LogP) is 8.55. The molecule has 8 aromatic rings. The summed E-state index contributed by atoms with van der Waals surface area (Å²) < 4.78 is 15.9. The zero-order valence-electron chi connectivity index (χ0n) is 29.3. The van der Waals surface area contributed by atoms with E-state index < -0.39 is 5.41 Å². The van der Waals surface area contributed by atoms with Gasteiger partial charge >= 0.3 is 0 Å². The van der Waals surface area contributed by atoms with Crippen LogP contribution in [-0.4, -0.2) is 30.0 Å². The van der Waals surface area contributed by atoms with Gasteiger partial charge in [-0.05, 0) is 71.8 Å². The summed E-state index contributed by atoms with van der Waals surface area (Å²) in [6, 6.07) is 44.8. The quantitative estimate of drug-likeness (QED) is 0.148. The Hall–Kier alpha value is -8.32. The fourth-order valence-corrected chi connectivity index (χ4v) is 6.39. The Morgan fingerprint density at radius 1 is 0.491 bits per heavy atom. The number of aromatic nitrogens is 6. The smallest absolute Gasteiger partial charge is 0.154 e. The van der Waals surface area contributed by atoms with Crippen molar-refractivity contribution in [3.63, 3.8) is 0 Å². The van der Waals surface area contributed by atoms with Gasteiger partial charge in [-0.1, -0.05) is 72.8 Å². The van der Waals surface area contributed by atoms with E-state index in [1.165, 1.54) is 0 Å². The molecule has 2 heterocycles. The summed E-state index contributed by atoms with van der Waals surface area (Å²) in [5, 5.41) is 56.1. The molecule has 12 heteroatoms. The van der Waals surface area contributed by atoms with Crippen LogP contribution in [0.3, 0.4) is 0 Å². The van der Waals surface area contributed by atoms with Crippen molar-refractivity contribution in [1.82, 2.24) is 30.0 Å². The average Bonchev–Trinajstić information content (AvgIpc) is 3.86. The van der Waals surface area contributed by atoms with E-state index in [0.29, 0.717) is 45.4 Å². The third-order valence-electron chi connectivity index (χ3n) is 9.45. The van der Waals surface area contributed by atoms with Gasteiger partial charge in [0.2, 0.25) is 0 Å². The van der Waals surface area contributed by atoms with Crippen molar-refractivity contribution in [2.45, 2.75) is 19.3 Å². The molecule has 0 fully saturated rings. The Morgan fingerprint density at radius 2 is 0.855 bits per heavy atom. The van der Waals surface area contributed by atoms with E-state index in [4.69, 9.17) is 9.47 Å². The number of hydrogen-bond acceptors (Lipinski definition) is 10. The Balaban J connectivity index is 1.06. The molecule has 0 spiro atoms. The van der Waals surface area contributed by atoms with Crippen LogP contribution in [-0.2, 0) is 5.41 Å². The SMILES string of the molecule is CC(C)(c1ccc(Oc2cc(C#N)c(C#N)cc2-n2nnc3ccccc32)cc1)c1ccc(Oc2cc(C#N)c(C#N)cc2-n2nnc3ccccc32)cc1. The van der Waals surface area contributed by atoms with Crippen molar-refractivity contribution in [2.24, 2.45) is 0 Å². The van der Waals surface area contributed by atoms with Crippen LogP contribution in [0, 0.1) is 45.3 Å². The maximum atomic E-state index is 9.76. The molecule has 0 radical (unpaired) electrons. The van der Waals surface area contributed by atoms with Crippen molar-refractivity contribution < 1.29 is 9.47 Å². The zero-order valence-corrected chi connectivity index (χ0v) is 29.3. The van der Waals surface area contributed by atoms with Crippen molar-refractivity contribution in [3.8, 4) is 58.6 Å². The highest BCUT2D eigenvalue weighted by molar-refractivity contribution is 5.78. The van der Waals surface area contributed by atoms with E-state index in [0.717, 1.165) is 22.2 Å². The predicted molar refractivity (Wildman–Crippen MR) is 202 cm³/mol. The highest BCUT2D eigenvalue weighted by Crippen LogP contribution is 2.38. The second-order valence-corrected chi connectivity index (χ2v) is 13.0. The molecular weight excluding hydrogens is 689 g/mol. The molecule has 0 atom stereocenters. The van der Waals surface area contributed by atoms with Gasteiger partial charge in [-0.25, -0.2) is 9.36 Å². The highest BCUT2D eigenvalue weighted by Gasteiger charge is 2.24. The van der Waals surface area contributed by atoms with Crippen LogP contribution >= 0.6 is 0 Å². The molecule has 8 rings (SSSR count). The van der Waals surface area contributed by atoms with Gasteiger partial charge in [0.05, 0.1) is 33.3 Å². The average molecular weight is 715 g/mol. The Bertz CT molecular complexity index is 2750. The minimum Gasteiger partial charge on any atom is -0.455 e. The summed E-state index contributed by atoms with van der Waals surface area (Å²) in [6.07, 6.45) is 0. The standard InChI is InChI=1S/C43H26N10O2/c1-43(2,31-11-15-33(16-12-31)54-41-21-29(25-46)27(23-44)19-39(41)52-37-9-5-3-7-35(37)48-50-52)32-13-17-34(18-14-32)55-42-22-30(26-47)28(24-45)20-40(42)53-38-10-6-4-8-36(38)49-51-53/h3-22H,1-2H3.